The lowest BCUT2D eigenvalue weighted by Gasteiger charge is -2.32. The third-order valence-corrected chi connectivity index (χ3v) is 5.67. The Balaban J connectivity index is 1.20. The van der Waals surface area contributed by atoms with E-state index in [2.05, 4.69) is 10.1 Å². The lowest BCUT2D eigenvalue weighted by atomic mass is 9.92. The fourth-order valence-electron chi connectivity index (χ4n) is 3.70. The highest BCUT2D eigenvalue weighted by molar-refractivity contribution is 5.78. The summed E-state index contributed by atoms with van der Waals surface area (Å²) in [5.74, 6) is 3.85. The van der Waals surface area contributed by atoms with Crippen molar-refractivity contribution in [1.29, 1.82) is 0 Å². The van der Waals surface area contributed by atoms with Crippen LogP contribution in [-0.2, 0) is 17.6 Å². The van der Waals surface area contributed by atoms with E-state index in [1.54, 1.807) is 7.11 Å². The first-order chi connectivity index (χ1) is 13.2. The van der Waals surface area contributed by atoms with Crippen molar-refractivity contribution in [2.75, 3.05) is 20.2 Å². The van der Waals surface area contributed by atoms with Gasteiger partial charge in [0.05, 0.1) is 13.5 Å². The maximum absolute atomic E-state index is 12.5. The fraction of sp³-hybridized carbons (Fsp3) is 0.571. The van der Waals surface area contributed by atoms with Crippen molar-refractivity contribution < 1.29 is 14.1 Å². The van der Waals surface area contributed by atoms with Crippen LogP contribution in [0, 0.1) is 5.92 Å². The van der Waals surface area contributed by atoms with Gasteiger partial charge in [-0.15, -0.1) is 0 Å². The van der Waals surface area contributed by atoms with Crippen LogP contribution >= 0.6 is 0 Å². The number of carbonyl (C=O) groups is 1. The van der Waals surface area contributed by atoms with Gasteiger partial charge in [0, 0.05) is 25.4 Å². The van der Waals surface area contributed by atoms with Gasteiger partial charge in [0.2, 0.25) is 11.8 Å². The molecule has 0 atom stereocenters. The molecule has 0 bridgehead atoms. The smallest absolute Gasteiger partial charge is 0.229 e. The van der Waals surface area contributed by atoms with Gasteiger partial charge in [0.15, 0.2) is 5.82 Å². The summed E-state index contributed by atoms with van der Waals surface area (Å²) in [6.07, 6.45) is 6.89. The van der Waals surface area contributed by atoms with Crippen molar-refractivity contribution in [3.63, 3.8) is 0 Å². The quantitative estimate of drug-likeness (QED) is 0.748. The first-order valence-corrected chi connectivity index (χ1v) is 9.94. The minimum Gasteiger partial charge on any atom is -0.497 e. The highest BCUT2D eigenvalue weighted by atomic mass is 16.5. The van der Waals surface area contributed by atoms with E-state index in [-0.39, 0.29) is 5.91 Å². The number of carbonyl (C=O) groups excluding carboxylic acids is 1. The largest absolute Gasteiger partial charge is 0.497 e. The third kappa shape index (κ3) is 4.67. The van der Waals surface area contributed by atoms with E-state index in [4.69, 9.17) is 9.26 Å². The number of likely N-dealkylation sites (tertiary alicyclic amines) is 1. The van der Waals surface area contributed by atoms with Gasteiger partial charge in [-0.3, -0.25) is 4.79 Å². The second-order valence-corrected chi connectivity index (χ2v) is 7.71. The summed E-state index contributed by atoms with van der Waals surface area (Å²) >= 11 is 0. The fourth-order valence-corrected chi connectivity index (χ4v) is 3.70. The standard InChI is InChI=1S/C21H27N3O3/c1-26-18-7-2-16(3-8-18)14-20(25)24-12-10-15(11-13-24)4-9-19-22-21(27-23-19)17-5-6-17/h2-3,7-8,15,17H,4-6,9-14H2,1H3. The Kier molecular flexibility index (Phi) is 5.41. The number of rotatable bonds is 7. The lowest BCUT2D eigenvalue weighted by molar-refractivity contribution is -0.131. The Bertz CT molecular complexity index is 759. The molecule has 2 aliphatic rings. The van der Waals surface area contributed by atoms with Crippen molar-refractivity contribution in [2.45, 2.75) is 50.9 Å². The van der Waals surface area contributed by atoms with Crippen molar-refractivity contribution in [3.8, 4) is 5.75 Å². The summed E-state index contributed by atoms with van der Waals surface area (Å²) in [5.41, 5.74) is 1.03. The molecule has 0 unspecified atom stereocenters. The summed E-state index contributed by atoms with van der Waals surface area (Å²) in [5, 5.41) is 4.10. The number of benzene rings is 1. The highest BCUT2D eigenvalue weighted by Crippen LogP contribution is 2.39. The van der Waals surface area contributed by atoms with Gasteiger partial charge in [-0.2, -0.15) is 4.98 Å². The molecule has 1 aromatic heterocycles. The SMILES string of the molecule is COc1ccc(CC(=O)N2CCC(CCc3noc(C4CC4)n3)CC2)cc1. The maximum atomic E-state index is 12.5. The molecule has 1 amide bonds. The molecule has 0 radical (unpaired) electrons. The van der Waals surface area contributed by atoms with E-state index in [0.29, 0.717) is 18.3 Å². The maximum Gasteiger partial charge on any atom is 0.229 e. The molecule has 4 rings (SSSR count). The lowest BCUT2D eigenvalue weighted by Crippen LogP contribution is -2.39. The zero-order chi connectivity index (χ0) is 18.6. The van der Waals surface area contributed by atoms with E-state index in [1.165, 1.54) is 12.8 Å². The van der Waals surface area contributed by atoms with Crippen LogP contribution in [0.25, 0.3) is 0 Å². The Morgan fingerprint density at radius 3 is 2.59 bits per heavy atom. The molecular formula is C21H27N3O3. The van der Waals surface area contributed by atoms with Gasteiger partial charge < -0.3 is 14.2 Å². The molecule has 6 heteroatoms. The number of piperidine rings is 1. The average Bonchev–Trinajstić information content (AvgIpc) is 3.45. The second-order valence-electron chi connectivity index (χ2n) is 7.71. The number of methoxy groups -OCH3 is 1. The number of nitrogens with zero attached hydrogens (tertiary/aromatic N) is 3. The number of hydrogen-bond acceptors (Lipinski definition) is 5. The third-order valence-electron chi connectivity index (χ3n) is 5.67. The predicted molar refractivity (Wildman–Crippen MR) is 101 cm³/mol. The van der Waals surface area contributed by atoms with Crippen molar-refractivity contribution in [1.82, 2.24) is 15.0 Å². The summed E-state index contributed by atoms with van der Waals surface area (Å²) in [7, 11) is 1.65. The first-order valence-electron chi connectivity index (χ1n) is 9.94. The van der Waals surface area contributed by atoms with Crippen molar-refractivity contribution in [3.05, 3.63) is 41.5 Å². The molecule has 144 valence electrons. The minimum atomic E-state index is 0.214. The van der Waals surface area contributed by atoms with Crippen LogP contribution in [0.5, 0.6) is 5.75 Å². The molecule has 1 saturated heterocycles. The molecule has 1 saturated carbocycles. The molecule has 2 heterocycles. The van der Waals surface area contributed by atoms with Gasteiger partial charge in [0.25, 0.3) is 0 Å². The molecule has 27 heavy (non-hydrogen) atoms. The van der Waals surface area contributed by atoms with E-state index in [1.807, 2.05) is 29.2 Å². The Labute approximate surface area is 159 Å². The predicted octanol–water partition coefficient (Wildman–Crippen LogP) is 3.37. The average molecular weight is 369 g/mol. The van der Waals surface area contributed by atoms with E-state index in [0.717, 1.165) is 61.8 Å². The molecule has 0 N–H and O–H groups in total. The highest BCUT2D eigenvalue weighted by Gasteiger charge is 2.30. The van der Waals surface area contributed by atoms with Crippen LogP contribution in [0.1, 0.15) is 55.3 Å². The molecule has 1 aliphatic heterocycles. The number of amides is 1. The summed E-state index contributed by atoms with van der Waals surface area (Å²) in [4.78, 5) is 19.1. The van der Waals surface area contributed by atoms with E-state index < -0.39 is 0 Å². The van der Waals surface area contributed by atoms with Crippen LogP contribution in [0.4, 0.5) is 0 Å². The zero-order valence-electron chi connectivity index (χ0n) is 15.9. The summed E-state index contributed by atoms with van der Waals surface area (Å²) in [6.45, 7) is 1.69. The molecule has 6 nitrogen and oxygen atoms in total. The van der Waals surface area contributed by atoms with Crippen LogP contribution in [0.3, 0.4) is 0 Å². The molecular weight excluding hydrogens is 342 g/mol. The van der Waals surface area contributed by atoms with Crippen LogP contribution in [0.15, 0.2) is 28.8 Å². The van der Waals surface area contributed by atoms with Crippen molar-refractivity contribution in [2.24, 2.45) is 5.92 Å². The normalized spacial score (nSPS) is 17.9. The molecule has 1 aliphatic carbocycles. The number of aromatic nitrogens is 2. The molecule has 0 spiro atoms. The van der Waals surface area contributed by atoms with Gasteiger partial charge >= 0.3 is 0 Å². The summed E-state index contributed by atoms with van der Waals surface area (Å²) < 4.78 is 10.5. The number of aryl methyl sites for hydroxylation is 1. The number of ether oxygens (including phenoxy) is 1. The monoisotopic (exact) mass is 369 g/mol. The van der Waals surface area contributed by atoms with E-state index >= 15 is 0 Å². The molecule has 2 fully saturated rings. The topological polar surface area (TPSA) is 68.5 Å². The van der Waals surface area contributed by atoms with Gasteiger partial charge in [-0.1, -0.05) is 17.3 Å². The second kappa shape index (κ2) is 8.11. The first kappa shape index (κ1) is 18.0. The molecule has 2 aromatic rings. The Morgan fingerprint density at radius 2 is 1.93 bits per heavy atom. The van der Waals surface area contributed by atoms with Crippen LogP contribution in [-0.4, -0.2) is 41.1 Å². The van der Waals surface area contributed by atoms with Gasteiger partial charge in [-0.05, 0) is 55.7 Å². The van der Waals surface area contributed by atoms with Crippen LogP contribution in [0.2, 0.25) is 0 Å². The number of hydrogen-bond donors (Lipinski definition) is 0. The van der Waals surface area contributed by atoms with Gasteiger partial charge in [0.1, 0.15) is 5.75 Å². The summed E-state index contributed by atoms with van der Waals surface area (Å²) in [6, 6.07) is 7.73. The van der Waals surface area contributed by atoms with E-state index in [9.17, 15) is 4.79 Å². The van der Waals surface area contributed by atoms with Crippen LogP contribution < -0.4 is 4.74 Å². The Hall–Kier alpha value is -2.37. The minimum absolute atomic E-state index is 0.214. The van der Waals surface area contributed by atoms with Gasteiger partial charge in [-0.25, -0.2) is 0 Å². The van der Waals surface area contributed by atoms with Crippen molar-refractivity contribution >= 4 is 5.91 Å². The zero-order valence-corrected chi connectivity index (χ0v) is 15.9. The Morgan fingerprint density at radius 1 is 1.19 bits per heavy atom. The molecule has 1 aromatic carbocycles.